The Bertz CT molecular complexity index is 869. The first-order chi connectivity index (χ1) is 13.8. The largest absolute Gasteiger partial charge is 0.493 e. The molecule has 1 atom stereocenters. The van der Waals surface area contributed by atoms with Crippen LogP contribution in [0.3, 0.4) is 0 Å². The van der Waals surface area contributed by atoms with E-state index in [0.29, 0.717) is 11.1 Å². The molecular weight excluding hydrogens is 384 g/mol. The lowest BCUT2D eigenvalue weighted by atomic mass is 10.1. The van der Waals surface area contributed by atoms with Crippen LogP contribution >= 0.6 is 0 Å². The number of esters is 1. The third-order valence-electron chi connectivity index (χ3n) is 3.82. The third-order valence-corrected chi connectivity index (χ3v) is 3.82. The molecule has 0 N–H and O–H groups in total. The number of ether oxygens (including phenoxy) is 3. The Morgan fingerprint density at radius 2 is 1.72 bits per heavy atom. The summed E-state index contributed by atoms with van der Waals surface area (Å²) < 4.78 is 39.5. The van der Waals surface area contributed by atoms with Crippen LogP contribution in [0.2, 0.25) is 0 Å². The van der Waals surface area contributed by atoms with Gasteiger partial charge in [0.25, 0.3) is 5.91 Å². The van der Waals surface area contributed by atoms with Gasteiger partial charge >= 0.3 is 12.6 Å². The molecule has 1 amide bonds. The molecule has 0 saturated heterocycles. The van der Waals surface area contributed by atoms with Crippen molar-refractivity contribution in [3.8, 4) is 11.5 Å². The van der Waals surface area contributed by atoms with Gasteiger partial charge in [-0.3, -0.25) is 4.79 Å². The maximum atomic E-state index is 12.4. The molecule has 0 aliphatic heterocycles. The topological polar surface area (TPSA) is 65.1 Å². The molecule has 0 heterocycles. The Morgan fingerprint density at radius 1 is 1.03 bits per heavy atom. The van der Waals surface area contributed by atoms with Crippen LogP contribution in [-0.2, 0) is 14.3 Å². The molecule has 0 aliphatic carbocycles. The second-order valence-electron chi connectivity index (χ2n) is 6.08. The van der Waals surface area contributed by atoms with E-state index in [1.165, 1.54) is 36.3 Å². The number of carbonyl (C=O) groups is 2. The van der Waals surface area contributed by atoms with Crippen molar-refractivity contribution in [1.29, 1.82) is 0 Å². The van der Waals surface area contributed by atoms with Gasteiger partial charge in [-0.2, -0.15) is 8.78 Å². The summed E-state index contributed by atoms with van der Waals surface area (Å²) in [5.74, 6) is -1.15. The molecule has 0 saturated carbocycles. The first-order valence-corrected chi connectivity index (χ1v) is 8.59. The quantitative estimate of drug-likeness (QED) is 0.495. The molecule has 8 heteroatoms. The van der Waals surface area contributed by atoms with Crippen LogP contribution in [0.1, 0.15) is 17.2 Å². The summed E-state index contributed by atoms with van der Waals surface area (Å²) in [5.41, 5.74) is 1.04. The number of hydrogen-bond acceptors (Lipinski definition) is 5. The number of amides is 1. The number of nitrogens with zero attached hydrogens (tertiary/aromatic N) is 1. The standard InChI is InChI=1S/C21H21F2NO5/c1-24(2)20(26)19(15-7-5-4-6-8-15)29-18(25)12-10-14-9-11-16(28-21(22)23)17(13-14)27-3/h4-13,19,21H,1-3H3/b12-10+/t19-/m1/s1. The molecule has 2 rings (SSSR count). The summed E-state index contributed by atoms with van der Waals surface area (Å²) >= 11 is 0. The highest BCUT2D eigenvalue weighted by atomic mass is 19.3. The van der Waals surface area contributed by atoms with E-state index in [1.807, 2.05) is 0 Å². The number of methoxy groups -OCH3 is 1. The van der Waals surface area contributed by atoms with Crippen LogP contribution < -0.4 is 9.47 Å². The maximum Gasteiger partial charge on any atom is 0.387 e. The Labute approximate surface area is 167 Å². The fraction of sp³-hybridized carbons (Fsp3) is 0.238. The summed E-state index contributed by atoms with van der Waals surface area (Å²) in [4.78, 5) is 26.0. The van der Waals surface area contributed by atoms with Gasteiger partial charge in [0.2, 0.25) is 6.10 Å². The van der Waals surface area contributed by atoms with Crippen LogP contribution in [0.15, 0.2) is 54.6 Å². The third kappa shape index (κ3) is 6.31. The number of likely N-dealkylation sites (N-methyl/N-ethyl adjacent to an activating group) is 1. The van der Waals surface area contributed by atoms with E-state index in [9.17, 15) is 18.4 Å². The lowest BCUT2D eigenvalue weighted by Gasteiger charge is -2.20. The molecule has 0 aliphatic rings. The van der Waals surface area contributed by atoms with E-state index < -0.39 is 18.7 Å². The van der Waals surface area contributed by atoms with E-state index in [-0.39, 0.29) is 17.4 Å². The van der Waals surface area contributed by atoms with Crippen molar-refractivity contribution in [2.45, 2.75) is 12.7 Å². The normalized spacial score (nSPS) is 11.9. The molecule has 0 radical (unpaired) electrons. The minimum atomic E-state index is -2.98. The smallest absolute Gasteiger partial charge is 0.387 e. The first kappa shape index (κ1) is 21.9. The predicted octanol–water partition coefficient (Wildman–Crippen LogP) is 3.68. The Balaban J connectivity index is 2.15. The van der Waals surface area contributed by atoms with Gasteiger partial charge in [-0.15, -0.1) is 0 Å². The Morgan fingerprint density at radius 3 is 2.31 bits per heavy atom. The van der Waals surface area contributed by atoms with Crippen LogP contribution in [0.25, 0.3) is 6.08 Å². The van der Waals surface area contributed by atoms with Gasteiger partial charge in [0.1, 0.15) is 0 Å². The van der Waals surface area contributed by atoms with E-state index in [1.54, 1.807) is 44.4 Å². The molecule has 6 nitrogen and oxygen atoms in total. The van der Waals surface area contributed by atoms with Crippen molar-refractivity contribution in [2.75, 3.05) is 21.2 Å². The number of alkyl halides is 2. The van der Waals surface area contributed by atoms with Gasteiger partial charge in [0.05, 0.1) is 7.11 Å². The van der Waals surface area contributed by atoms with Crippen LogP contribution in [-0.4, -0.2) is 44.6 Å². The van der Waals surface area contributed by atoms with Gasteiger partial charge < -0.3 is 19.1 Å². The Hall–Kier alpha value is -3.42. The molecule has 154 valence electrons. The number of rotatable bonds is 8. The van der Waals surface area contributed by atoms with Crippen LogP contribution in [0, 0.1) is 0 Å². The molecule has 0 fully saturated rings. The highest BCUT2D eigenvalue weighted by Gasteiger charge is 2.25. The number of hydrogen-bond donors (Lipinski definition) is 0. The number of benzene rings is 2. The van der Waals surface area contributed by atoms with Crippen molar-refractivity contribution in [2.24, 2.45) is 0 Å². The highest BCUT2D eigenvalue weighted by Crippen LogP contribution is 2.30. The predicted molar refractivity (Wildman–Crippen MR) is 103 cm³/mol. The molecule has 2 aromatic carbocycles. The van der Waals surface area contributed by atoms with Gasteiger partial charge in [0, 0.05) is 25.7 Å². The van der Waals surface area contributed by atoms with Gasteiger partial charge in [-0.1, -0.05) is 36.4 Å². The average molecular weight is 405 g/mol. The molecular formula is C21H21F2NO5. The summed E-state index contributed by atoms with van der Waals surface area (Å²) in [5, 5.41) is 0. The molecule has 0 aromatic heterocycles. The van der Waals surface area contributed by atoms with Gasteiger partial charge in [-0.05, 0) is 23.8 Å². The summed E-state index contributed by atoms with van der Waals surface area (Å²) in [6, 6.07) is 12.9. The zero-order valence-corrected chi connectivity index (χ0v) is 16.2. The second-order valence-corrected chi connectivity index (χ2v) is 6.08. The summed E-state index contributed by atoms with van der Waals surface area (Å²) in [6.45, 7) is -2.98. The SMILES string of the molecule is COc1cc(/C=C/C(=O)O[C@@H](C(=O)N(C)C)c2ccccc2)ccc1OC(F)F. The lowest BCUT2D eigenvalue weighted by Crippen LogP contribution is -2.30. The van der Waals surface area contributed by atoms with Crippen molar-refractivity contribution in [3.05, 3.63) is 65.7 Å². The summed E-state index contributed by atoms with van der Waals surface area (Å²) in [7, 11) is 4.45. The molecule has 2 aromatic rings. The maximum absolute atomic E-state index is 12.4. The van der Waals surface area contributed by atoms with E-state index in [2.05, 4.69) is 4.74 Å². The van der Waals surface area contributed by atoms with Crippen LogP contribution in [0.4, 0.5) is 8.78 Å². The van der Waals surface area contributed by atoms with Crippen molar-refractivity contribution in [3.63, 3.8) is 0 Å². The van der Waals surface area contributed by atoms with Crippen LogP contribution in [0.5, 0.6) is 11.5 Å². The fourth-order valence-corrected chi connectivity index (χ4v) is 2.42. The second kappa shape index (κ2) is 10.2. The summed E-state index contributed by atoms with van der Waals surface area (Å²) in [6.07, 6.45) is 1.47. The monoisotopic (exact) mass is 405 g/mol. The van der Waals surface area contributed by atoms with E-state index in [4.69, 9.17) is 9.47 Å². The first-order valence-electron chi connectivity index (χ1n) is 8.59. The lowest BCUT2D eigenvalue weighted by molar-refractivity contribution is -0.155. The van der Waals surface area contributed by atoms with Gasteiger partial charge in [0.15, 0.2) is 11.5 Å². The zero-order valence-electron chi connectivity index (χ0n) is 16.2. The molecule has 0 bridgehead atoms. The minimum Gasteiger partial charge on any atom is -0.493 e. The average Bonchev–Trinajstić information content (AvgIpc) is 2.70. The van der Waals surface area contributed by atoms with Crippen molar-refractivity contribution in [1.82, 2.24) is 4.90 Å². The molecule has 0 spiro atoms. The molecule has 0 unspecified atom stereocenters. The van der Waals surface area contributed by atoms with Crippen molar-refractivity contribution < 1.29 is 32.6 Å². The fourth-order valence-electron chi connectivity index (χ4n) is 2.42. The van der Waals surface area contributed by atoms with E-state index >= 15 is 0 Å². The number of halogens is 2. The number of carbonyl (C=O) groups excluding carboxylic acids is 2. The zero-order chi connectivity index (χ0) is 21.4. The highest BCUT2D eigenvalue weighted by molar-refractivity contribution is 5.91. The van der Waals surface area contributed by atoms with E-state index in [0.717, 1.165) is 6.08 Å². The van der Waals surface area contributed by atoms with Gasteiger partial charge in [-0.25, -0.2) is 4.79 Å². The molecule has 29 heavy (non-hydrogen) atoms. The van der Waals surface area contributed by atoms with Crippen molar-refractivity contribution >= 4 is 18.0 Å². The minimum absolute atomic E-state index is 0.0887. The Kier molecular flexibility index (Phi) is 7.70.